The molecule has 3 nitrogen and oxygen atoms in total. The Bertz CT molecular complexity index is 557. The van der Waals surface area contributed by atoms with Crippen molar-refractivity contribution in [3.63, 3.8) is 0 Å². The summed E-state index contributed by atoms with van der Waals surface area (Å²) in [4.78, 5) is 18.5. The molecule has 0 N–H and O–H groups in total. The Balaban J connectivity index is 2.01. The van der Waals surface area contributed by atoms with E-state index in [9.17, 15) is 4.79 Å². The zero-order valence-electron chi connectivity index (χ0n) is 9.99. The minimum atomic E-state index is -0.196. The van der Waals surface area contributed by atoms with Crippen molar-refractivity contribution in [3.05, 3.63) is 54.1 Å². The van der Waals surface area contributed by atoms with Gasteiger partial charge in [0.05, 0.1) is 6.54 Å². The third-order valence-electron chi connectivity index (χ3n) is 3.24. The van der Waals surface area contributed by atoms with Gasteiger partial charge < -0.3 is 4.90 Å². The molecule has 0 saturated heterocycles. The molecule has 1 unspecified atom stereocenters. The fraction of sp³-hybridized carbons (Fsp3) is 0.200. The van der Waals surface area contributed by atoms with Gasteiger partial charge in [0.15, 0.2) is 5.78 Å². The number of ketones is 1. The number of hydrogen-bond acceptors (Lipinski definition) is 3. The molecule has 18 heavy (non-hydrogen) atoms. The predicted octanol–water partition coefficient (Wildman–Crippen LogP) is 1.99. The third kappa shape index (κ3) is 1.88. The van der Waals surface area contributed by atoms with Gasteiger partial charge in [-0.05, 0) is 12.1 Å². The lowest BCUT2D eigenvalue weighted by Gasteiger charge is -2.30. The average molecular weight is 238 g/mol. The summed E-state index contributed by atoms with van der Waals surface area (Å²) >= 11 is 0. The highest BCUT2D eigenvalue weighted by molar-refractivity contribution is 6.00. The van der Waals surface area contributed by atoms with Crippen molar-refractivity contribution in [1.82, 2.24) is 0 Å². The number of carbonyl (C=O) groups is 1. The van der Waals surface area contributed by atoms with Gasteiger partial charge in [0, 0.05) is 24.0 Å². The molecule has 2 aliphatic rings. The van der Waals surface area contributed by atoms with Gasteiger partial charge in [-0.3, -0.25) is 9.79 Å². The van der Waals surface area contributed by atoms with Crippen molar-refractivity contribution in [2.45, 2.75) is 6.04 Å². The van der Waals surface area contributed by atoms with Gasteiger partial charge in [0.2, 0.25) is 0 Å². The van der Waals surface area contributed by atoms with Crippen LogP contribution < -0.4 is 4.90 Å². The molecule has 1 aromatic rings. The van der Waals surface area contributed by atoms with Gasteiger partial charge in [-0.25, -0.2) is 0 Å². The number of aliphatic imine (C=N–C) groups is 1. The highest BCUT2D eigenvalue weighted by Gasteiger charge is 2.25. The molecule has 0 fully saturated rings. The van der Waals surface area contributed by atoms with Crippen molar-refractivity contribution < 1.29 is 4.79 Å². The SMILES string of the molecule is O=C1C=CC=CC1N1CCN=Cc2ccccc21. The van der Waals surface area contributed by atoms with Crippen LogP contribution in [0.3, 0.4) is 0 Å². The van der Waals surface area contributed by atoms with E-state index in [0.29, 0.717) is 0 Å². The number of benzene rings is 1. The van der Waals surface area contributed by atoms with Crippen LogP contribution in [0.5, 0.6) is 0 Å². The standard InChI is InChI=1S/C15H14N2O/c18-15-8-4-3-7-14(15)17-10-9-16-11-12-5-1-2-6-13(12)17/h1-8,11,14H,9-10H2. The van der Waals surface area contributed by atoms with Crippen LogP contribution in [-0.4, -0.2) is 31.1 Å². The summed E-state index contributed by atoms with van der Waals surface area (Å²) in [6.07, 6.45) is 9.20. The Morgan fingerprint density at radius 2 is 2.11 bits per heavy atom. The van der Waals surface area contributed by atoms with Crippen molar-refractivity contribution in [1.29, 1.82) is 0 Å². The van der Waals surface area contributed by atoms with Crippen molar-refractivity contribution in [2.75, 3.05) is 18.0 Å². The van der Waals surface area contributed by atoms with E-state index in [1.165, 1.54) is 0 Å². The summed E-state index contributed by atoms with van der Waals surface area (Å²) in [6.45, 7) is 1.48. The van der Waals surface area contributed by atoms with Crippen LogP contribution >= 0.6 is 0 Å². The molecule has 0 bridgehead atoms. The number of benzodiazepines with no additional fused rings is 1. The predicted molar refractivity (Wildman–Crippen MR) is 73.3 cm³/mol. The van der Waals surface area contributed by atoms with Crippen LogP contribution in [0.25, 0.3) is 0 Å². The number of anilines is 1. The molecule has 3 rings (SSSR count). The fourth-order valence-corrected chi connectivity index (χ4v) is 2.37. The van der Waals surface area contributed by atoms with Crippen LogP contribution in [0.1, 0.15) is 5.56 Å². The Labute approximate surface area is 106 Å². The highest BCUT2D eigenvalue weighted by atomic mass is 16.1. The van der Waals surface area contributed by atoms with Gasteiger partial charge >= 0.3 is 0 Å². The molecule has 1 heterocycles. The zero-order chi connectivity index (χ0) is 12.4. The van der Waals surface area contributed by atoms with Crippen LogP contribution in [0.15, 0.2) is 53.6 Å². The number of fused-ring (bicyclic) bond motifs is 1. The molecule has 0 saturated carbocycles. The van der Waals surface area contributed by atoms with Crippen molar-refractivity contribution >= 4 is 17.7 Å². The minimum absolute atomic E-state index is 0.134. The lowest BCUT2D eigenvalue weighted by atomic mass is 10.0. The Kier molecular flexibility index (Phi) is 2.81. The van der Waals surface area contributed by atoms with E-state index in [2.05, 4.69) is 9.89 Å². The van der Waals surface area contributed by atoms with Gasteiger partial charge in [-0.1, -0.05) is 36.4 Å². The maximum absolute atomic E-state index is 12.0. The van der Waals surface area contributed by atoms with Gasteiger partial charge in [0.1, 0.15) is 6.04 Å². The molecule has 0 radical (unpaired) electrons. The van der Waals surface area contributed by atoms with E-state index < -0.39 is 0 Å². The Morgan fingerprint density at radius 1 is 1.22 bits per heavy atom. The summed E-state index contributed by atoms with van der Waals surface area (Å²) in [7, 11) is 0. The molecule has 1 aliphatic carbocycles. The summed E-state index contributed by atoms with van der Waals surface area (Å²) in [5.41, 5.74) is 2.16. The van der Waals surface area contributed by atoms with Crippen molar-refractivity contribution in [3.8, 4) is 0 Å². The normalized spacial score (nSPS) is 21.9. The second-order valence-electron chi connectivity index (χ2n) is 4.38. The van der Waals surface area contributed by atoms with E-state index in [4.69, 9.17) is 0 Å². The smallest absolute Gasteiger partial charge is 0.182 e. The maximum Gasteiger partial charge on any atom is 0.182 e. The molecule has 0 aromatic heterocycles. The average Bonchev–Trinajstić information content (AvgIpc) is 2.62. The zero-order valence-corrected chi connectivity index (χ0v) is 9.99. The first-order chi connectivity index (χ1) is 8.86. The largest absolute Gasteiger partial charge is 0.355 e. The summed E-state index contributed by atoms with van der Waals surface area (Å²) < 4.78 is 0. The second kappa shape index (κ2) is 4.61. The van der Waals surface area contributed by atoms with Gasteiger partial charge in [-0.2, -0.15) is 0 Å². The first kappa shape index (κ1) is 11.0. The highest BCUT2D eigenvalue weighted by Crippen LogP contribution is 2.24. The van der Waals surface area contributed by atoms with Crippen molar-refractivity contribution in [2.24, 2.45) is 4.99 Å². The van der Waals surface area contributed by atoms with E-state index in [1.807, 2.05) is 42.6 Å². The van der Waals surface area contributed by atoms with Crippen LogP contribution in [0.2, 0.25) is 0 Å². The first-order valence-corrected chi connectivity index (χ1v) is 6.10. The third-order valence-corrected chi connectivity index (χ3v) is 3.24. The topological polar surface area (TPSA) is 32.7 Å². The molecule has 0 spiro atoms. The fourth-order valence-electron chi connectivity index (χ4n) is 2.37. The minimum Gasteiger partial charge on any atom is -0.355 e. The van der Waals surface area contributed by atoms with Gasteiger partial charge in [-0.15, -0.1) is 0 Å². The number of allylic oxidation sites excluding steroid dienone is 2. The number of hydrogen-bond donors (Lipinski definition) is 0. The van der Waals surface area contributed by atoms with Crippen LogP contribution in [0.4, 0.5) is 5.69 Å². The Morgan fingerprint density at radius 3 is 3.00 bits per heavy atom. The van der Waals surface area contributed by atoms with Gasteiger partial charge in [0.25, 0.3) is 0 Å². The first-order valence-electron chi connectivity index (χ1n) is 6.10. The lowest BCUT2D eigenvalue weighted by molar-refractivity contribution is -0.115. The van der Waals surface area contributed by atoms with E-state index in [1.54, 1.807) is 12.2 Å². The van der Waals surface area contributed by atoms with E-state index in [-0.39, 0.29) is 11.8 Å². The quantitative estimate of drug-likeness (QED) is 0.749. The van der Waals surface area contributed by atoms with Crippen LogP contribution in [-0.2, 0) is 4.79 Å². The molecular weight excluding hydrogens is 224 g/mol. The number of para-hydroxylation sites is 1. The van der Waals surface area contributed by atoms with E-state index in [0.717, 1.165) is 24.3 Å². The van der Waals surface area contributed by atoms with E-state index >= 15 is 0 Å². The number of carbonyl (C=O) groups excluding carboxylic acids is 1. The summed E-state index contributed by atoms with van der Waals surface area (Å²) in [5.74, 6) is 0.134. The summed E-state index contributed by atoms with van der Waals surface area (Å²) in [5, 5.41) is 0. The number of rotatable bonds is 1. The van der Waals surface area contributed by atoms with Crippen LogP contribution in [0, 0.1) is 0 Å². The maximum atomic E-state index is 12.0. The second-order valence-corrected chi connectivity index (χ2v) is 4.38. The molecule has 1 atom stereocenters. The molecular formula is C15H14N2O. The Hall–Kier alpha value is -2.16. The number of nitrogens with zero attached hydrogens (tertiary/aromatic N) is 2. The molecule has 3 heteroatoms. The monoisotopic (exact) mass is 238 g/mol. The lowest BCUT2D eigenvalue weighted by Crippen LogP contribution is -2.41. The molecule has 1 aromatic carbocycles. The summed E-state index contributed by atoms with van der Waals surface area (Å²) in [6, 6.07) is 7.87. The molecule has 90 valence electrons. The molecule has 0 amide bonds. The molecule has 1 aliphatic heterocycles.